The zero-order valence-electron chi connectivity index (χ0n) is 20.7. The Balaban J connectivity index is 1.72. The number of benzene rings is 1. The van der Waals surface area contributed by atoms with Gasteiger partial charge in [-0.1, -0.05) is 78.6 Å². The Morgan fingerprint density at radius 2 is 1.53 bits per heavy atom. The molecule has 1 aliphatic heterocycles. The van der Waals surface area contributed by atoms with Gasteiger partial charge in [-0.2, -0.15) is 0 Å². The van der Waals surface area contributed by atoms with Crippen LogP contribution in [0.4, 0.5) is 5.69 Å². The predicted octanol–water partition coefficient (Wildman–Crippen LogP) is 5.75. The number of aromatic carboxylic acids is 1. The first-order valence-corrected chi connectivity index (χ1v) is 12.6. The second-order valence-electron chi connectivity index (χ2n) is 9.95. The van der Waals surface area contributed by atoms with Crippen LogP contribution in [-0.2, 0) is 5.41 Å². The average molecular weight is 468 g/mol. The van der Waals surface area contributed by atoms with E-state index < -0.39 is 28.0 Å². The Hall–Kier alpha value is -2.89. The Labute approximate surface area is 201 Å². The number of carboxylic acid groups (broad SMARTS) is 1. The second-order valence-corrected chi connectivity index (χ2v) is 9.95. The minimum absolute atomic E-state index is 0.0346. The summed E-state index contributed by atoms with van der Waals surface area (Å²) in [5.41, 5.74) is 0.710. The van der Waals surface area contributed by atoms with E-state index >= 15 is 0 Å². The quantitative estimate of drug-likeness (QED) is 0.288. The van der Waals surface area contributed by atoms with Crippen LogP contribution >= 0.6 is 0 Å². The standard InChI is InChI=1S/C28H37NO5/c1-4-5-6-7-8-9-10-11-12-13-16-29-22-15-14-19(27(33)34)17-21(22)28(2,3)23(29)18-20-24(30)26(32)25(20)31/h14-15,17-18,30H,4-13,16H2,1-3H3,(H,33,34)/b23-18+. The molecule has 0 bridgehead atoms. The lowest BCUT2D eigenvalue weighted by molar-refractivity contribution is 0.0696. The number of carboxylic acids is 1. The number of fused-ring (bicyclic) bond motifs is 1. The summed E-state index contributed by atoms with van der Waals surface area (Å²) in [6.07, 6.45) is 13.9. The number of hydrogen-bond donors (Lipinski definition) is 2. The van der Waals surface area contributed by atoms with E-state index in [0.29, 0.717) is 0 Å². The molecule has 2 N–H and O–H groups in total. The normalized spacial score (nSPS) is 15.9. The van der Waals surface area contributed by atoms with Crippen molar-refractivity contribution in [3.8, 4) is 5.75 Å². The molecular formula is C28H37NO5. The van der Waals surface area contributed by atoms with Crippen molar-refractivity contribution in [2.45, 2.75) is 90.4 Å². The lowest BCUT2D eigenvalue weighted by atomic mass is 9.82. The van der Waals surface area contributed by atoms with Gasteiger partial charge in [0.25, 0.3) is 5.43 Å². The third kappa shape index (κ3) is 5.26. The fourth-order valence-electron chi connectivity index (χ4n) is 4.93. The third-order valence-corrected chi connectivity index (χ3v) is 7.08. The number of aromatic hydroxyl groups is 1. The average Bonchev–Trinajstić information content (AvgIpc) is 3.03. The number of hydrogen-bond acceptors (Lipinski definition) is 5. The van der Waals surface area contributed by atoms with E-state index in [9.17, 15) is 24.6 Å². The van der Waals surface area contributed by atoms with E-state index in [-0.39, 0.29) is 11.1 Å². The zero-order valence-corrected chi connectivity index (χ0v) is 20.7. The molecule has 0 radical (unpaired) electrons. The van der Waals surface area contributed by atoms with Crippen LogP contribution in [-0.4, -0.2) is 22.7 Å². The number of unbranched alkanes of at least 4 members (excludes halogenated alkanes) is 9. The van der Waals surface area contributed by atoms with Crippen LogP contribution in [0.25, 0.3) is 6.08 Å². The van der Waals surface area contributed by atoms with E-state index in [4.69, 9.17) is 0 Å². The lowest BCUT2D eigenvalue weighted by Gasteiger charge is -2.27. The molecule has 0 atom stereocenters. The van der Waals surface area contributed by atoms with Gasteiger partial charge in [0, 0.05) is 23.3 Å². The largest absolute Gasteiger partial charge is 0.504 e. The molecule has 0 saturated heterocycles. The molecule has 0 fully saturated rings. The van der Waals surface area contributed by atoms with Crippen molar-refractivity contribution in [1.29, 1.82) is 0 Å². The Morgan fingerprint density at radius 3 is 2.09 bits per heavy atom. The summed E-state index contributed by atoms with van der Waals surface area (Å²) < 4.78 is 0. The van der Waals surface area contributed by atoms with Gasteiger partial charge < -0.3 is 15.1 Å². The van der Waals surface area contributed by atoms with Gasteiger partial charge in [0.15, 0.2) is 5.75 Å². The van der Waals surface area contributed by atoms with Gasteiger partial charge in [-0.15, -0.1) is 0 Å². The van der Waals surface area contributed by atoms with E-state index in [1.165, 1.54) is 51.4 Å². The van der Waals surface area contributed by atoms with Crippen molar-refractivity contribution in [2.24, 2.45) is 0 Å². The topological polar surface area (TPSA) is 94.9 Å². The first-order chi connectivity index (χ1) is 16.2. The minimum atomic E-state index is -0.989. The SMILES string of the molecule is CCCCCCCCCCCCN1/C(=C/c2c(O)c(=O)c2=O)C(C)(C)c2cc(C(=O)O)ccc21. The maximum absolute atomic E-state index is 12.0. The molecule has 6 nitrogen and oxygen atoms in total. The molecule has 0 saturated carbocycles. The van der Waals surface area contributed by atoms with Crippen LogP contribution in [0.3, 0.4) is 0 Å². The number of nitrogens with zero attached hydrogens (tertiary/aromatic N) is 1. The number of allylic oxidation sites excluding steroid dienone is 1. The first-order valence-electron chi connectivity index (χ1n) is 12.6. The van der Waals surface area contributed by atoms with Crippen LogP contribution in [0, 0.1) is 0 Å². The highest BCUT2D eigenvalue weighted by Crippen LogP contribution is 2.49. The van der Waals surface area contributed by atoms with Crippen molar-refractivity contribution in [3.63, 3.8) is 0 Å². The summed E-state index contributed by atoms with van der Waals surface area (Å²) in [6.45, 7) is 6.91. The highest BCUT2D eigenvalue weighted by Gasteiger charge is 2.41. The van der Waals surface area contributed by atoms with E-state index in [1.807, 2.05) is 19.9 Å². The summed E-state index contributed by atoms with van der Waals surface area (Å²) in [5.74, 6) is -1.48. The molecule has 2 aromatic carbocycles. The molecule has 6 heteroatoms. The predicted molar refractivity (Wildman–Crippen MR) is 137 cm³/mol. The molecule has 1 aliphatic rings. The van der Waals surface area contributed by atoms with Crippen molar-refractivity contribution in [2.75, 3.05) is 11.4 Å². The molecule has 34 heavy (non-hydrogen) atoms. The van der Waals surface area contributed by atoms with E-state index in [1.54, 1.807) is 18.2 Å². The highest BCUT2D eigenvalue weighted by molar-refractivity contribution is 5.90. The van der Waals surface area contributed by atoms with E-state index in [0.717, 1.165) is 36.3 Å². The van der Waals surface area contributed by atoms with Crippen LogP contribution in [0.15, 0.2) is 33.5 Å². The molecule has 0 spiro atoms. The van der Waals surface area contributed by atoms with Gasteiger partial charge in [-0.3, -0.25) is 9.59 Å². The smallest absolute Gasteiger partial charge is 0.335 e. The summed E-state index contributed by atoms with van der Waals surface area (Å²) >= 11 is 0. The summed E-state index contributed by atoms with van der Waals surface area (Å²) in [7, 11) is 0. The van der Waals surface area contributed by atoms with Crippen LogP contribution < -0.4 is 15.8 Å². The van der Waals surface area contributed by atoms with Gasteiger partial charge in [-0.25, -0.2) is 4.79 Å². The molecule has 2 aromatic rings. The number of anilines is 1. The van der Waals surface area contributed by atoms with Gasteiger partial charge in [0.05, 0.1) is 11.1 Å². The van der Waals surface area contributed by atoms with Crippen LogP contribution in [0.5, 0.6) is 5.75 Å². The Kier molecular flexibility index (Phi) is 8.34. The number of carbonyl (C=O) groups is 1. The van der Waals surface area contributed by atoms with Gasteiger partial charge in [0.2, 0.25) is 5.43 Å². The van der Waals surface area contributed by atoms with Gasteiger partial charge in [0.1, 0.15) is 0 Å². The Bertz CT molecular complexity index is 1120. The Morgan fingerprint density at radius 1 is 0.941 bits per heavy atom. The molecule has 0 aliphatic carbocycles. The van der Waals surface area contributed by atoms with Gasteiger partial charge in [-0.05, 0) is 36.3 Å². The van der Waals surface area contributed by atoms with Crippen LogP contribution in [0.2, 0.25) is 0 Å². The van der Waals surface area contributed by atoms with Crippen molar-refractivity contribution >= 4 is 17.7 Å². The highest BCUT2D eigenvalue weighted by atomic mass is 16.4. The lowest BCUT2D eigenvalue weighted by Crippen LogP contribution is -2.34. The third-order valence-electron chi connectivity index (χ3n) is 7.08. The molecule has 0 amide bonds. The van der Waals surface area contributed by atoms with Crippen LogP contribution in [0.1, 0.15) is 106 Å². The molecule has 3 rings (SSSR count). The van der Waals surface area contributed by atoms with Gasteiger partial charge >= 0.3 is 5.97 Å². The molecule has 184 valence electrons. The fraction of sp³-hybridized carbons (Fsp3) is 0.536. The molecule has 0 unspecified atom stereocenters. The van der Waals surface area contributed by atoms with Crippen molar-refractivity contribution < 1.29 is 15.0 Å². The summed E-state index contributed by atoms with van der Waals surface area (Å²) in [4.78, 5) is 37.2. The first kappa shape index (κ1) is 25.7. The second kappa shape index (κ2) is 11.0. The minimum Gasteiger partial charge on any atom is -0.504 e. The number of rotatable bonds is 13. The monoisotopic (exact) mass is 467 g/mol. The molecule has 0 aromatic heterocycles. The maximum Gasteiger partial charge on any atom is 0.335 e. The summed E-state index contributed by atoms with van der Waals surface area (Å²) in [6, 6.07) is 5.10. The van der Waals surface area contributed by atoms with Crippen molar-refractivity contribution in [3.05, 3.63) is 61.0 Å². The van der Waals surface area contributed by atoms with E-state index in [2.05, 4.69) is 11.8 Å². The molecule has 1 heterocycles. The summed E-state index contributed by atoms with van der Waals surface area (Å²) in [5, 5.41) is 19.4. The molecular weight excluding hydrogens is 430 g/mol. The zero-order chi connectivity index (χ0) is 24.9. The fourth-order valence-corrected chi connectivity index (χ4v) is 4.93. The maximum atomic E-state index is 12.0. The van der Waals surface area contributed by atoms with Crippen molar-refractivity contribution in [1.82, 2.24) is 0 Å².